The average molecular weight is 413 g/mol. The molecule has 3 aromatic rings. The van der Waals surface area contributed by atoms with Crippen molar-refractivity contribution >= 4 is 23.4 Å². The molecule has 1 aromatic heterocycles. The molecular weight excluding hydrogens is 392 g/mol. The van der Waals surface area contributed by atoms with E-state index in [1.54, 1.807) is 29.8 Å². The Hall–Kier alpha value is -3.32. The summed E-state index contributed by atoms with van der Waals surface area (Å²) < 4.78 is 7.13. The van der Waals surface area contributed by atoms with Crippen molar-refractivity contribution in [2.75, 3.05) is 6.61 Å². The van der Waals surface area contributed by atoms with Crippen molar-refractivity contribution in [2.45, 2.75) is 20.8 Å². The SMILES string of the molecule is Cc1ccc(C)c(OCC(=O)NNC(=O)c2cnn(-c3cccc(Cl)c3)c2C)c1. The smallest absolute Gasteiger partial charge is 0.276 e. The Morgan fingerprint density at radius 3 is 2.66 bits per heavy atom. The Morgan fingerprint density at radius 2 is 1.90 bits per heavy atom. The number of aryl methyl sites for hydroxylation is 2. The summed E-state index contributed by atoms with van der Waals surface area (Å²) in [5, 5.41) is 4.80. The monoisotopic (exact) mass is 412 g/mol. The molecule has 150 valence electrons. The van der Waals surface area contributed by atoms with E-state index >= 15 is 0 Å². The topological polar surface area (TPSA) is 85.2 Å². The lowest BCUT2D eigenvalue weighted by atomic mass is 10.1. The van der Waals surface area contributed by atoms with E-state index in [4.69, 9.17) is 16.3 Å². The molecule has 8 heteroatoms. The number of aromatic nitrogens is 2. The second-order valence-corrected chi connectivity index (χ2v) is 7.03. The first-order valence-electron chi connectivity index (χ1n) is 8.95. The molecule has 2 N–H and O–H groups in total. The van der Waals surface area contributed by atoms with Crippen LogP contribution in [0.4, 0.5) is 0 Å². The molecule has 0 aliphatic carbocycles. The van der Waals surface area contributed by atoms with Crippen molar-refractivity contribution in [3.63, 3.8) is 0 Å². The fourth-order valence-corrected chi connectivity index (χ4v) is 2.92. The molecule has 2 amide bonds. The largest absolute Gasteiger partial charge is 0.483 e. The van der Waals surface area contributed by atoms with Crippen molar-refractivity contribution in [1.29, 1.82) is 0 Å². The lowest BCUT2D eigenvalue weighted by molar-refractivity contribution is -0.123. The third-order valence-electron chi connectivity index (χ3n) is 4.33. The van der Waals surface area contributed by atoms with Gasteiger partial charge in [-0.3, -0.25) is 20.4 Å². The van der Waals surface area contributed by atoms with Crippen LogP contribution in [-0.2, 0) is 4.79 Å². The highest BCUT2D eigenvalue weighted by molar-refractivity contribution is 6.30. The molecule has 29 heavy (non-hydrogen) atoms. The summed E-state index contributed by atoms with van der Waals surface area (Å²) in [6.07, 6.45) is 1.43. The van der Waals surface area contributed by atoms with Crippen LogP contribution in [-0.4, -0.2) is 28.2 Å². The highest BCUT2D eigenvalue weighted by atomic mass is 35.5. The summed E-state index contributed by atoms with van der Waals surface area (Å²) in [7, 11) is 0. The molecule has 0 aliphatic heterocycles. The summed E-state index contributed by atoms with van der Waals surface area (Å²) in [6, 6.07) is 12.9. The Balaban J connectivity index is 1.58. The molecule has 0 saturated heterocycles. The fraction of sp³-hybridized carbons (Fsp3) is 0.190. The number of nitrogens with one attached hydrogen (secondary N) is 2. The van der Waals surface area contributed by atoms with Gasteiger partial charge in [-0.05, 0) is 56.2 Å². The van der Waals surface area contributed by atoms with Crippen LogP contribution >= 0.6 is 11.6 Å². The number of carbonyl (C=O) groups is 2. The molecule has 0 unspecified atom stereocenters. The second kappa shape index (κ2) is 8.79. The third kappa shape index (κ3) is 4.94. The highest BCUT2D eigenvalue weighted by Gasteiger charge is 2.16. The number of amides is 2. The van der Waals surface area contributed by atoms with Crippen molar-refractivity contribution < 1.29 is 14.3 Å². The Labute approximate surface area is 173 Å². The maximum atomic E-state index is 12.4. The number of nitrogens with zero attached hydrogens (tertiary/aromatic N) is 2. The van der Waals surface area contributed by atoms with Crippen LogP contribution in [0.2, 0.25) is 5.02 Å². The molecule has 3 rings (SSSR count). The van der Waals surface area contributed by atoms with Crippen LogP contribution in [0.15, 0.2) is 48.7 Å². The first-order chi connectivity index (χ1) is 13.8. The molecule has 0 bridgehead atoms. The van der Waals surface area contributed by atoms with E-state index in [1.807, 2.05) is 38.1 Å². The van der Waals surface area contributed by atoms with Crippen molar-refractivity contribution in [3.05, 3.63) is 76.1 Å². The Morgan fingerprint density at radius 1 is 1.10 bits per heavy atom. The lowest BCUT2D eigenvalue weighted by Gasteiger charge is -2.11. The Bertz CT molecular complexity index is 1060. The molecule has 1 heterocycles. The predicted octanol–water partition coefficient (Wildman–Crippen LogP) is 3.29. The first-order valence-corrected chi connectivity index (χ1v) is 9.33. The molecule has 0 saturated carbocycles. The molecule has 0 radical (unpaired) electrons. The van der Waals surface area contributed by atoms with Gasteiger partial charge in [0.25, 0.3) is 11.8 Å². The van der Waals surface area contributed by atoms with Crippen LogP contribution < -0.4 is 15.6 Å². The van der Waals surface area contributed by atoms with Gasteiger partial charge in [0.15, 0.2) is 6.61 Å². The second-order valence-electron chi connectivity index (χ2n) is 6.60. The summed E-state index contributed by atoms with van der Waals surface area (Å²) in [5.74, 6) is -0.319. The number of hydrogen-bond donors (Lipinski definition) is 2. The maximum absolute atomic E-state index is 12.4. The third-order valence-corrected chi connectivity index (χ3v) is 4.56. The molecule has 0 spiro atoms. The molecule has 0 aliphatic rings. The average Bonchev–Trinajstić information content (AvgIpc) is 3.08. The van der Waals surface area contributed by atoms with Crippen LogP contribution in [0.5, 0.6) is 5.75 Å². The van der Waals surface area contributed by atoms with Crippen molar-refractivity contribution in [3.8, 4) is 11.4 Å². The van der Waals surface area contributed by atoms with Gasteiger partial charge in [0.05, 0.1) is 23.1 Å². The molecular formula is C21H21ClN4O3. The predicted molar refractivity (Wildman–Crippen MR) is 110 cm³/mol. The molecule has 2 aromatic carbocycles. The number of benzene rings is 2. The van der Waals surface area contributed by atoms with Gasteiger partial charge in [0.2, 0.25) is 0 Å². The molecule has 0 atom stereocenters. The van der Waals surface area contributed by atoms with Crippen LogP contribution in [0, 0.1) is 20.8 Å². The van der Waals surface area contributed by atoms with E-state index < -0.39 is 11.8 Å². The van der Waals surface area contributed by atoms with Gasteiger partial charge in [-0.15, -0.1) is 0 Å². The summed E-state index contributed by atoms with van der Waals surface area (Å²) >= 11 is 6.01. The quantitative estimate of drug-likeness (QED) is 0.630. The molecule has 0 fully saturated rings. The standard InChI is InChI=1S/C21H21ClN4O3/c1-13-7-8-14(2)19(9-13)29-12-20(27)24-25-21(28)18-11-23-26(15(18)3)17-6-4-5-16(22)10-17/h4-11H,12H2,1-3H3,(H,24,27)(H,25,28). The van der Waals surface area contributed by atoms with Crippen LogP contribution in [0.3, 0.4) is 0 Å². The van der Waals surface area contributed by atoms with Crippen molar-refractivity contribution in [2.24, 2.45) is 0 Å². The van der Waals surface area contributed by atoms with E-state index in [1.165, 1.54) is 6.20 Å². The van der Waals surface area contributed by atoms with Gasteiger partial charge < -0.3 is 4.74 Å². The number of halogens is 1. The summed E-state index contributed by atoms with van der Waals surface area (Å²) in [6.45, 7) is 5.38. The van der Waals surface area contributed by atoms with E-state index in [0.29, 0.717) is 22.0 Å². The van der Waals surface area contributed by atoms with E-state index in [-0.39, 0.29) is 6.61 Å². The number of hydrogen-bond acceptors (Lipinski definition) is 4. The summed E-state index contributed by atoms with van der Waals surface area (Å²) in [5.41, 5.74) is 8.38. The van der Waals surface area contributed by atoms with E-state index in [9.17, 15) is 9.59 Å². The number of hydrazine groups is 1. The van der Waals surface area contributed by atoms with Gasteiger partial charge in [-0.1, -0.05) is 29.8 Å². The zero-order valence-corrected chi connectivity index (χ0v) is 17.1. The number of ether oxygens (including phenoxy) is 1. The molecule has 7 nitrogen and oxygen atoms in total. The zero-order chi connectivity index (χ0) is 21.0. The zero-order valence-electron chi connectivity index (χ0n) is 16.3. The highest BCUT2D eigenvalue weighted by Crippen LogP contribution is 2.19. The number of carbonyl (C=O) groups excluding carboxylic acids is 2. The first kappa shape index (κ1) is 20.4. The number of rotatable bonds is 5. The normalized spacial score (nSPS) is 10.5. The van der Waals surface area contributed by atoms with Crippen LogP contribution in [0.1, 0.15) is 27.2 Å². The van der Waals surface area contributed by atoms with Crippen molar-refractivity contribution in [1.82, 2.24) is 20.6 Å². The van der Waals surface area contributed by atoms with E-state index in [2.05, 4.69) is 16.0 Å². The van der Waals surface area contributed by atoms with Crippen LogP contribution in [0.25, 0.3) is 5.69 Å². The van der Waals surface area contributed by atoms with Gasteiger partial charge in [0, 0.05) is 5.02 Å². The van der Waals surface area contributed by atoms with Gasteiger partial charge in [-0.25, -0.2) is 4.68 Å². The van der Waals surface area contributed by atoms with Gasteiger partial charge in [-0.2, -0.15) is 5.10 Å². The fourth-order valence-electron chi connectivity index (χ4n) is 2.74. The summed E-state index contributed by atoms with van der Waals surface area (Å²) in [4.78, 5) is 24.4. The van der Waals surface area contributed by atoms with Gasteiger partial charge in [0.1, 0.15) is 5.75 Å². The Kier molecular flexibility index (Phi) is 6.19. The minimum absolute atomic E-state index is 0.217. The lowest BCUT2D eigenvalue weighted by Crippen LogP contribution is -2.44. The minimum atomic E-state index is -0.476. The van der Waals surface area contributed by atoms with Gasteiger partial charge >= 0.3 is 0 Å². The van der Waals surface area contributed by atoms with E-state index in [0.717, 1.165) is 16.8 Å². The minimum Gasteiger partial charge on any atom is -0.483 e. The maximum Gasteiger partial charge on any atom is 0.276 e.